The third-order valence-corrected chi connectivity index (χ3v) is 5.34. The summed E-state index contributed by atoms with van der Waals surface area (Å²) >= 11 is 5.19. The number of pyridine rings is 1. The molecule has 5 nitrogen and oxygen atoms in total. The molecule has 0 saturated heterocycles. The molecular formula is C11H14BrN3O2S. The van der Waals surface area contributed by atoms with E-state index in [1.54, 1.807) is 0 Å². The van der Waals surface area contributed by atoms with Crippen molar-refractivity contribution in [3.05, 3.63) is 26.9 Å². The Morgan fingerprint density at radius 3 is 2.83 bits per heavy atom. The van der Waals surface area contributed by atoms with Gasteiger partial charge in [-0.1, -0.05) is 6.42 Å². The number of aromatic nitrogens is 1. The first kappa shape index (κ1) is 13.6. The van der Waals surface area contributed by atoms with Gasteiger partial charge >= 0.3 is 0 Å². The highest BCUT2D eigenvalue weighted by molar-refractivity contribution is 9.10. The molecule has 0 atom stereocenters. The molecule has 7 heteroatoms. The van der Waals surface area contributed by atoms with E-state index in [9.17, 15) is 10.1 Å². The second-order valence-corrected chi connectivity index (χ2v) is 6.50. The first-order chi connectivity index (χ1) is 8.56. The van der Waals surface area contributed by atoms with Crippen LogP contribution in [0.2, 0.25) is 0 Å². The minimum absolute atomic E-state index is 0.00403. The highest BCUT2D eigenvalue weighted by Crippen LogP contribution is 2.43. The Balaban J connectivity index is 2.03. The minimum atomic E-state index is -0.448. The van der Waals surface area contributed by atoms with Gasteiger partial charge in [-0.2, -0.15) is 11.8 Å². The standard InChI is InChI=1S/C11H14BrN3O2S/c1-18-11(3-2-4-11)7-14-10-9(12)5-8(6-13-10)15(16)17/h5-6H,2-4,7H2,1H3,(H,13,14). The Hall–Kier alpha value is -0.820. The van der Waals surface area contributed by atoms with Gasteiger partial charge in [0.25, 0.3) is 5.69 Å². The SMILES string of the molecule is CSC1(CNc2ncc([N+](=O)[O-])cc2Br)CCC1. The zero-order chi connectivity index (χ0) is 13.2. The molecule has 0 spiro atoms. The van der Waals surface area contributed by atoms with E-state index in [0.717, 1.165) is 6.54 Å². The van der Waals surface area contributed by atoms with Crippen LogP contribution in [0.1, 0.15) is 19.3 Å². The number of halogens is 1. The van der Waals surface area contributed by atoms with Crippen molar-refractivity contribution >= 4 is 39.2 Å². The number of nitrogens with zero attached hydrogens (tertiary/aromatic N) is 2. The summed E-state index contributed by atoms with van der Waals surface area (Å²) in [7, 11) is 0. The van der Waals surface area contributed by atoms with Crippen molar-refractivity contribution < 1.29 is 4.92 Å². The summed E-state index contributed by atoms with van der Waals surface area (Å²) in [5.74, 6) is 0.668. The number of anilines is 1. The van der Waals surface area contributed by atoms with E-state index in [0.29, 0.717) is 15.0 Å². The highest BCUT2D eigenvalue weighted by Gasteiger charge is 2.36. The molecule has 0 aromatic carbocycles. The van der Waals surface area contributed by atoms with Gasteiger partial charge in [-0.05, 0) is 35.0 Å². The third kappa shape index (κ3) is 2.77. The van der Waals surface area contributed by atoms with E-state index < -0.39 is 4.92 Å². The Kier molecular flexibility index (Phi) is 4.11. The van der Waals surface area contributed by atoms with E-state index >= 15 is 0 Å². The smallest absolute Gasteiger partial charge is 0.288 e. The maximum atomic E-state index is 10.6. The van der Waals surface area contributed by atoms with Crippen molar-refractivity contribution in [2.75, 3.05) is 18.1 Å². The summed E-state index contributed by atoms with van der Waals surface area (Å²) in [4.78, 5) is 14.2. The summed E-state index contributed by atoms with van der Waals surface area (Å²) in [6, 6.07) is 1.47. The lowest BCUT2D eigenvalue weighted by Gasteiger charge is -2.40. The molecule has 98 valence electrons. The van der Waals surface area contributed by atoms with E-state index in [1.807, 2.05) is 11.8 Å². The summed E-state index contributed by atoms with van der Waals surface area (Å²) in [5.41, 5.74) is -0.00403. The summed E-state index contributed by atoms with van der Waals surface area (Å²) < 4.78 is 0.940. The second kappa shape index (κ2) is 5.44. The number of hydrogen-bond donors (Lipinski definition) is 1. The molecule has 0 bridgehead atoms. The first-order valence-corrected chi connectivity index (χ1v) is 7.67. The average molecular weight is 332 g/mol. The highest BCUT2D eigenvalue weighted by atomic mass is 79.9. The quantitative estimate of drug-likeness (QED) is 0.661. The number of rotatable bonds is 5. The molecule has 1 aromatic heterocycles. The van der Waals surface area contributed by atoms with Gasteiger partial charge in [0.15, 0.2) is 0 Å². The molecule has 1 aliphatic rings. The van der Waals surface area contributed by atoms with E-state index in [-0.39, 0.29) is 5.69 Å². The zero-order valence-electron chi connectivity index (χ0n) is 9.98. The molecule has 1 N–H and O–H groups in total. The molecular weight excluding hydrogens is 318 g/mol. The zero-order valence-corrected chi connectivity index (χ0v) is 12.4. The minimum Gasteiger partial charge on any atom is -0.368 e. The Morgan fingerprint density at radius 2 is 2.39 bits per heavy atom. The summed E-state index contributed by atoms with van der Waals surface area (Å²) in [6.07, 6.45) is 7.10. The van der Waals surface area contributed by atoms with Crippen LogP contribution in [0.5, 0.6) is 0 Å². The van der Waals surface area contributed by atoms with Gasteiger partial charge in [0.1, 0.15) is 12.0 Å². The van der Waals surface area contributed by atoms with Gasteiger partial charge in [-0.25, -0.2) is 4.98 Å². The van der Waals surface area contributed by atoms with Gasteiger partial charge < -0.3 is 5.32 Å². The third-order valence-electron chi connectivity index (χ3n) is 3.31. The predicted molar refractivity (Wildman–Crippen MR) is 77.2 cm³/mol. The second-order valence-electron chi connectivity index (χ2n) is 4.38. The molecule has 0 amide bonds. The van der Waals surface area contributed by atoms with Crippen molar-refractivity contribution in [3.8, 4) is 0 Å². The predicted octanol–water partition coefficient (Wildman–Crippen LogP) is 3.45. The molecule has 1 saturated carbocycles. The van der Waals surface area contributed by atoms with Crippen LogP contribution >= 0.6 is 27.7 Å². The van der Waals surface area contributed by atoms with E-state index in [1.165, 1.54) is 31.5 Å². The van der Waals surface area contributed by atoms with Crippen molar-refractivity contribution in [1.29, 1.82) is 0 Å². The van der Waals surface area contributed by atoms with Crippen LogP contribution in [0.25, 0.3) is 0 Å². The molecule has 18 heavy (non-hydrogen) atoms. The Bertz CT molecular complexity index is 460. The van der Waals surface area contributed by atoms with Crippen molar-refractivity contribution in [1.82, 2.24) is 4.98 Å². The lowest BCUT2D eigenvalue weighted by atomic mass is 9.84. The molecule has 0 radical (unpaired) electrons. The Morgan fingerprint density at radius 1 is 1.67 bits per heavy atom. The van der Waals surface area contributed by atoms with Crippen LogP contribution in [0.15, 0.2) is 16.7 Å². The monoisotopic (exact) mass is 331 g/mol. The number of nitrogens with one attached hydrogen (secondary N) is 1. The average Bonchev–Trinajstić information content (AvgIpc) is 2.29. The van der Waals surface area contributed by atoms with E-state index in [4.69, 9.17) is 0 Å². The lowest BCUT2D eigenvalue weighted by Crippen LogP contribution is -2.40. The molecule has 0 unspecified atom stereocenters. The van der Waals surface area contributed by atoms with E-state index in [2.05, 4.69) is 32.5 Å². The topological polar surface area (TPSA) is 68.1 Å². The molecule has 1 aromatic rings. The fourth-order valence-electron chi connectivity index (χ4n) is 1.93. The molecule has 1 heterocycles. The normalized spacial score (nSPS) is 17.0. The van der Waals surface area contributed by atoms with Crippen molar-refractivity contribution in [2.45, 2.75) is 24.0 Å². The van der Waals surface area contributed by atoms with Crippen LogP contribution in [0, 0.1) is 10.1 Å². The molecule has 2 rings (SSSR count). The van der Waals surface area contributed by atoms with Crippen molar-refractivity contribution in [3.63, 3.8) is 0 Å². The largest absolute Gasteiger partial charge is 0.368 e. The number of thioether (sulfide) groups is 1. The number of nitro groups is 1. The first-order valence-electron chi connectivity index (χ1n) is 5.65. The molecule has 0 aliphatic heterocycles. The van der Waals surface area contributed by atoms with Gasteiger partial charge in [0.2, 0.25) is 0 Å². The van der Waals surface area contributed by atoms with Gasteiger partial charge in [0, 0.05) is 17.4 Å². The van der Waals surface area contributed by atoms with Crippen LogP contribution < -0.4 is 5.32 Å². The van der Waals surface area contributed by atoms with Gasteiger partial charge in [0.05, 0.1) is 9.40 Å². The number of hydrogen-bond acceptors (Lipinski definition) is 5. The molecule has 1 fully saturated rings. The summed E-state index contributed by atoms with van der Waals surface area (Å²) in [5, 5.41) is 13.9. The van der Waals surface area contributed by atoms with Gasteiger partial charge in [-0.3, -0.25) is 10.1 Å². The van der Waals surface area contributed by atoms with Crippen LogP contribution in [0.4, 0.5) is 11.5 Å². The lowest BCUT2D eigenvalue weighted by molar-refractivity contribution is -0.385. The van der Waals surface area contributed by atoms with Crippen LogP contribution in [-0.4, -0.2) is 27.5 Å². The fourth-order valence-corrected chi connectivity index (χ4v) is 3.32. The summed E-state index contributed by atoms with van der Waals surface area (Å²) in [6.45, 7) is 0.845. The van der Waals surface area contributed by atoms with Gasteiger partial charge in [-0.15, -0.1) is 0 Å². The van der Waals surface area contributed by atoms with Crippen molar-refractivity contribution in [2.24, 2.45) is 0 Å². The van der Waals surface area contributed by atoms with Crippen LogP contribution in [-0.2, 0) is 0 Å². The Labute approximate surface area is 118 Å². The fraction of sp³-hybridized carbons (Fsp3) is 0.545. The molecule has 1 aliphatic carbocycles. The maximum absolute atomic E-state index is 10.6. The van der Waals surface area contributed by atoms with Crippen LogP contribution in [0.3, 0.4) is 0 Å². The maximum Gasteiger partial charge on any atom is 0.288 e.